The number of allylic oxidation sites excluding steroid dienone is 1. The monoisotopic (exact) mass is 296 g/mol. The van der Waals surface area contributed by atoms with E-state index in [0.29, 0.717) is 10.5 Å². The van der Waals surface area contributed by atoms with Gasteiger partial charge in [-0.15, -0.1) is 0 Å². The fourth-order valence-electron chi connectivity index (χ4n) is 2.12. The third kappa shape index (κ3) is 2.62. The largest absolute Gasteiger partial charge is 0.465 e. The van der Waals surface area contributed by atoms with Crippen LogP contribution in [0.25, 0.3) is 6.08 Å². The quantitative estimate of drug-likeness (QED) is 0.624. The Bertz CT molecular complexity index is 745. The van der Waals surface area contributed by atoms with Crippen LogP contribution < -0.4 is 0 Å². The second kappa shape index (κ2) is 5.58. The van der Waals surface area contributed by atoms with Crippen molar-refractivity contribution < 1.29 is 14.3 Å². The number of methoxy groups -OCH3 is 1. The van der Waals surface area contributed by atoms with Crippen LogP contribution in [0.4, 0.5) is 0 Å². The molecule has 3 nitrogen and oxygen atoms in total. The van der Waals surface area contributed by atoms with E-state index in [2.05, 4.69) is 4.74 Å². The summed E-state index contributed by atoms with van der Waals surface area (Å²) < 4.78 is 4.66. The summed E-state index contributed by atoms with van der Waals surface area (Å²) in [5.74, 6) is -0.319. The molecule has 0 amide bonds. The van der Waals surface area contributed by atoms with E-state index < -0.39 is 0 Å². The minimum Gasteiger partial charge on any atom is -0.465 e. The molecular formula is C17H12O3S. The summed E-state index contributed by atoms with van der Waals surface area (Å²) in [6.07, 6.45) is 1.84. The molecule has 21 heavy (non-hydrogen) atoms. The predicted molar refractivity (Wildman–Crippen MR) is 82.4 cm³/mol. The lowest BCUT2D eigenvalue weighted by atomic mass is 10.1. The van der Waals surface area contributed by atoms with E-state index in [9.17, 15) is 9.59 Å². The summed E-state index contributed by atoms with van der Waals surface area (Å²) in [5.41, 5.74) is 2.12. The molecule has 0 aliphatic carbocycles. The molecule has 0 radical (unpaired) electrons. The van der Waals surface area contributed by atoms with Crippen molar-refractivity contribution in [1.82, 2.24) is 0 Å². The van der Waals surface area contributed by atoms with Crippen LogP contribution in [-0.2, 0) is 4.74 Å². The maximum atomic E-state index is 12.3. The molecule has 0 aromatic heterocycles. The molecule has 0 saturated heterocycles. The molecule has 0 N–H and O–H groups in total. The lowest BCUT2D eigenvalue weighted by molar-refractivity contribution is 0.0600. The van der Waals surface area contributed by atoms with E-state index in [0.717, 1.165) is 16.0 Å². The highest BCUT2D eigenvalue weighted by molar-refractivity contribution is 8.04. The molecule has 3 rings (SSSR count). The zero-order valence-electron chi connectivity index (χ0n) is 11.3. The molecule has 2 aromatic rings. The lowest BCUT2D eigenvalue weighted by Gasteiger charge is -2.00. The van der Waals surface area contributed by atoms with E-state index >= 15 is 0 Å². The van der Waals surface area contributed by atoms with Crippen LogP contribution in [0.5, 0.6) is 0 Å². The van der Waals surface area contributed by atoms with Crippen molar-refractivity contribution in [2.24, 2.45) is 0 Å². The van der Waals surface area contributed by atoms with Crippen molar-refractivity contribution in [3.05, 3.63) is 70.1 Å². The molecule has 1 heterocycles. The highest BCUT2D eigenvalue weighted by Gasteiger charge is 2.24. The minimum atomic E-state index is -0.368. The first-order valence-corrected chi connectivity index (χ1v) is 7.22. The van der Waals surface area contributed by atoms with E-state index in [1.807, 2.05) is 30.3 Å². The molecular weight excluding hydrogens is 284 g/mol. The highest BCUT2D eigenvalue weighted by atomic mass is 32.2. The summed E-state index contributed by atoms with van der Waals surface area (Å²) in [7, 11) is 1.35. The average molecular weight is 296 g/mol. The van der Waals surface area contributed by atoms with Gasteiger partial charge in [0, 0.05) is 10.5 Å². The SMILES string of the molecule is COC(=O)c1ccc(/C=C2/Sc3ccccc3C2=O)cc1. The number of rotatable bonds is 2. The summed E-state index contributed by atoms with van der Waals surface area (Å²) in [5, 5.41) is 0. The number of fused-ring (bicyclic) bond motifs is 1. The van der Waals surface area contributed by atoms with E-state index in [4.69, 9.17) is 0 Å². The molecule has 4 heteroatoms. The molecule has 0 unspecified atom stereocenters. The number of carbonyl (C=O) groups is 2. The molecule has 0 bridgehead atoms. The Labute approximate surface area is 126 Å². The van der Waals surface area contributed by atoms with Crippen LogP contribution in [0, 0.1) is 0 Å². The maximum Gasteiger partial charge on any atom is 0.337 e. The van der Waals surface area contributed by atoms with Gasteiger partial charge < -0.3 is 4.74 Å². The number of hydrogen-bond acceptors (Lipinski definition) is 4. The van der Waals surface area contributed by atoms with Gasteiger partial charge in [-0.25, -0.2) is 4.79 Å². The topological polar surface area (TPSA) is 43.4 Å². The van der Waals surface area contributed by atoms with Gasteiger partial charge in [0.2, 0.25) is 5.78 Å². The summed E-state index contributed by atoms with van der Waals surface area (Å²) in [4.78, 5) is 25.3. The van der Waals surface area contributed by atoms with Crippen molar-refractivity contribution >= 4 is 29.6 Å². The van der Waals surface area contributed by atoms with E-state index in [-0.39, 0.29) is 11.8 Å². The zero-order chi connectivity index (χ0) is 14.8. The zero-order valence-corrected chi connectivity index (χ0v) is 12.1. The fourth-order valence-corrected chi connectivity index (χ4v) is 3.17. The Balaban J connectivity index is 1.87. The van der Waals surface area contributed by atoms with Crippen LogP contribution >= 0.6 is 11.8 Å². The molecule has 104 valence electrons. The van der Waals surface area contributed by atoms with Crippen molar-refractivity contribution in [1.29, 1.82) is 0 Å². The molecule has 1 aliphatic heterocycles. The van der Waals surface area contributed by atoms with Gasteiger partial charge >= 0.3 is 5.97 Å². The molecule has 1 aliphatic rings. The number of ether oxygens (including phenoxy) is 1. The lowest BCUT2D eigenvalue weighted by Crippen LogP contribution is -2.00. The van der Waals surface area contributed by atoms with Gasteiger partial charge in [0.15, 0.2) is 0 Å². The van der Waals surface area contributed by atoms with Gasteiger partial charge in [0.25, 0.3) is 0 Å². The van der Waals surface area contributed by atoms with E-state index in [1.54, 1.807) is 24.3 Å². The Hall–Kier alpha value is -2.33. The highest BCUT2D eigenvalue weighted by Crippen LogP contribution is 2.40. The first-order chi connectivity index (χ1) is 10.2. The summed E-state index contributed by atoms with van der Waals surface area (Å²) in [6, 6.07) is 14.6. The number of Topliss-reactive ketones (excluding diaryl/α,β-unsaturated/α-hetero) is 1. The van der Waals surface area contributed by atoms with Gasteiger partial charge in [-0.3, -0.25) is 4.79 Å². The maximum absolute atomic E-state index is 12.3. The van der Waals surface area contributed by atoms with Crippen LogP contribution in [0.2, 0.25) is 0 Å². The Kier molecular flexibility index (Phi) is 3.62. The van der Waals surface area contributed by atoms with Gasteiger partial charge in [-0.1, -0.05) is 36.0 Å². The normalized spacial score (nSPS) is 15.1. The van der Waals surface area contributed by atoms with Gasteiger partial charge in [-0.2, -0.15) is 0 Å². The van der Waals surface area contributed by atoms with E-state index in [1.165, 1.54) is 18.9 Å². The fraction of sp³-hybridized carbons (Fsp3) is 0.0588. The number of esters is 1. The van der Waals surface area contributed by atoms with Crippen molar-refractivity contribution in [2.75, 3.05) is 7.11 Å². The molecule has 0 saturated carbocycles. The van der Waals surface area contributed by atoms with Crippen molar-refractivity contribution in [3.63, 3.8) is 0 Å². The van der Waals surface area contributed by atoms with Gasteiger partial charge in [0.05, 0.1) is 17.6 Å². The van der Waals surface area contributed by atoms with Gasteiger partial charge in [0.1, 0.15) is 0 Å². The second-order valence-electron chi connectivity index (χ2n) is 4.55. The predicted octanol–water partition coefficient (Wildman–Crippen LogP) is 3.80. The number of hydrogen-bond donors (Lipinski definition) is 0. The molecule has 0 atom stereocenters. The standard InChI is InChI=1S/C17H12O3S/c1-20-17(19)12-8-6-11(7-9-12)10-15-16(18)13-4-2-3-5-14(13)21-15/h2-10H,1H3/b15-10+. The summed E-state index contributed by atoms with van der Waals surface area (Å²) >= 11 is 1.47. The first kappa shape index (κ1) is 13.6. The molecule has 0 fully saturated rings. The van der Waals surface area contributed by atoms with Crippen LogP contribution in [0.15, 0.2) is 58.3 Å². The number of benzene rings is 2. The number of ketones is 1. The number of carbonyl (C=O) groups excluding carboxylic acids is 2. The van der Waals surface area contributed by atoms with Crippen molar-refractivity contribution in [2.45, 2.75) is 4.90 Å². The average Bonchev–Trinajstić information content (AvgIpc) is 2.84. The smallest absolute Gasteiger partial charge is 0.337 e. The Morgan fingerprint density at radius 3 is 2.48 bits per heavy atom. The Morgan fingerprint density at radius 1 is 1.10 bits per heavy atom. The molecule has 0 spiro atoms. The third-order valence-corrected chi connectivity index (χ3v) is 4.30. The molecule has 2 aromatic carbocycles. The summed E-state index contributed by atoms with van der Waals surface area (Å²) in [6.45, 7) is 0. The van der Waals surface area contributed by atoms with Crippen molar-refractivity contribution in [3.8, 4) is 0 Å². The second-order valence-corrected chi connectivity index (χ2v) is 5.63. The number of thioether (sulfide) groups is 1. The Morgan fingerprint density at radius 2 is 1.81 bits per heavy atom. The van der Waals surface area contributed by atoms with Crippen LogP contribution in [0.1, 0.15) is 26.3 Å². The first-order valence-electron chi connectivity index (χ1n) is 6.40. The van der Waals surface area contributed by atoms with Gasteiger partial charge in [-0.05, 0) is 35.9 Å². The minimum absolute atomic E-state index is 0.0487. The van der Waals surface area contributed by atoms with Crippen LogP contribution in [0.3, 0.4) is 0 Å². The third-order valence-electron chi connectivity index (χ3n) is 3.20. The van der Waals surface area contributed by atoms with Crippen LogP contribution in [-0.4, -0.2) is 18.9 Å².